The van der Waals surface area contributed by atoms with Crippen LogP contribution in [0, 0.1) is 10.1 Å². The third-order valence-electron chi connectivity index (χ3n) is 3.41. The Labute approximate surface area is 155 Å². The molecule has 0 aliphatic heterocycles. The number of rotatable bonds is 5. The lowest BCUT2D eigenvalue weighted by Crippen LogP contribution is -2.36. The number of para-hydroxylation sites is 1. The van der Waals surface area contributed by atoms with Crippen molar-refractivity contribution >= 4 is 34.7 Å². The van der Waals surface area contributed by atoms with Crippen molar-refractivity contribution in [3.63, 3.8) is 0 Å². The normalized spacial score (nSPS) is 13.7. The molecule has 0 heterocycles. The van der Waals surface area contributed by atoms with Crippen molar-refractivity contribution in [2.45, 2.75) is 22.9 Å². The number of hydrogen-bond acceptors (Lipinski definition) is 6. The zero-order chi connectivity index (χ0) is 20.4. The maximum atomic E-state index is 13.0. The minimum Gasteiger partial charge on any atom is -0.398 e. The van der Waals surface area contributed by atoms with Gasteiger partial charge in [0, 0.05) is 22.3 Å². The van der Waals surface area contributed by atoms with E-state index < -0.39 is 33.2 Å². The Balaban J connectivity index is 2.26. The SMILES string of the molecule is C[C@](O)(Sc1ccccc1N)C(=O)Nc1ccc([N+](=O)[O-])c(C(F)(F)F)c1. The first-order chi connectivity index (χ1) is 12.4. The predicted molar refractivity (Wildman–Crippen MR) is 94.1 cm³/mol. The van der Waals surface area contributed by atoms with Crippen LogP contribution in [0.3, 0.4) is 0 Å². The van der Waals surface area contributed by atoms with Crippen molar-refractivity contribution in [3.05, 3.63) is 58.1 Å². The fourth-order valence-electron chi connectivity index (χ4n) is 2.08. The van der Waals surface area contributed by atoms with Crippen LogP contribution < -0.4 is 11.1 Å². The lowest BCUT2D eigenvalue weighted by atomic mass is 10.1. The van der Waals surface area contributed by atoms with E-state index in [1.165, 1.54) is 0 Å². The number of anilines is 2. The van der Waals surface area contributed by atoms with Crippen molar-refractivity contribution < 1.29 is 28.0 Å². The summed E-state index contributed by atoms with van der Waals surface area (Å²) in [6.07, 6.45) is -4.99. The van der Waals surface area contributed by atoms with Gasteiger partial charge in [0.2, 0.25) is 0 Å². The number of nitrogens with two attached hydrogens (primary N) is 1. The van der Waals surface area contributed by atoms with Gasteiger partial charge in [0.05, 0.1) is 4.92 Å². The van der Waals surface area contributed by atoms with Crippen molar-refractivity contribution in [1.82, 2.24) is 0 Å². The third kappa shape index (κ3) is 4.89. The molecule has 11 heteroatoms. The molecular formula is C16H14F3N3O4S. The first-order valence-corrected chi connectivity index (χ1v) is 8.16. The Kier molecular flexibility index (Phi) is 5.66. The van der Waals surface area contributed by atoms with Crippen LogP contribution >= 0.6 is 11.8 Å². The Morgan fingerprint density at radius 3 is 2.44 bits per heavy atom. The fraction of sp³-hybridized carbons (Fsp3) is 0.188. The summed E-state index contributed by atoms with van der Waals surface area (Å²) < 4.78 is 39.0. The average molecular weight is 401 g/mol. The van der Waals surface area contributed by atoms with Gasteiger partial charge in [-0.2, -0.15) is 13.2 Å². The van der Waals surface area contributed by atoms with Crippen molar-refractivity contribution in [2.24, 2.45) is 0 Å². The highest BCUT2D eigenvalue weighted by molar-refractivity contribution is 8.01. The first kappa shape index (κ1) is 20.5. The molecule has 0 saturated heterocycles. The molecule has 0 aliphatic rings. The molecule has 144 valence electrons. The van der Waals surface area contributed by atoms with E-state index >= 15 is 0 Å². The monoisotopic (exact) mass is 401 g/mol. The summed E-state index contributed by atoms with van der Waals surface area (Å²) in [6.45, 7) is 1.15. The number of alkyl halides is 3. The maximum absolute atomic E-state index is 13.0. The van der Waals surface area contributed by atoms with Gasteiger partial charge in [-0.05, 0) is 31.2 Å². The van der Waals surface area contributed by atoms with Crippen LogP contribution in [0.5, 0.6) is 0 Å². The van der Waals surface area contributed by atoms with Gasteiger partial charge >= 0.3 is 6.18 Å². The number of aliphatic hydroxyl groups is 1. The Morgan fingerprint density at radius 2 is 1.89 bits per heavy atom. The molecule has 1 amide bonds. The molecule has 0 spiro atoms. The largest absolute Gasteiger partial charge is 0.423 e. The maximum Gasteiger partial charge on any atom is 0.423 e. The van der Waals surface area contributed by atoms with Crippen LogP contribution in [0.4, 0.5) is 30.2 Å². The number of halogens is 3. The van der Waals surface area contributed by atoms with Crippen molar-refractivity contribution in [2.75, 3.05) is 11.1 Å². The van der Waals surface area contributed by atoms with Crippen LogP contribution in [0.15, 0.2) is 47.4 Å². The number of nitrogens with one attached hydrogen (secondary N) is 1. The van der Waals surface area contributed by atoms with E-state index in [4.69, 9.17) is 5.73 Å². The topological polar surface area (TPSA) is 118 Å². The van der Waals surface area contributed by atoms with Crippen molar-refractivity contribution in [3.8, 4) is 0 Å². The average Bonchev–Trinajstić information content (AvgIpc) is 2.55. The molecule has 4 N–H and O–H groups in total. The Morgan fingerprint density at radius 1 is 1.26 bits per heavy atom. The summed E-state index contributed by atoms with van der Waals surface area (Å²) in [5.74, 6) is -1.02. The summed E-state index contributed by atoms with van der Waals surface area (Å²) in [5, 5.41) is 23.2. The molecule has 7 nitrogen and oxygen atoms in total. The summed E-state index contributed by atoms with van der Waals surface area (Å²) in [4.78, 5) is 20.2. The quantitative estimate of drug-likeness (QED) is 0.231. The second kappa shape index (κ2) is 7.45. The second-order valence-corrected chi connectivity index (χ2v) is 7.00. The minimum atomic E-state index is -4.99. The van der Waals surface area contributed by atoms with Gasteiger partial charge < -0.3 is 16.2 Å². The van der Waals surface area contributed by atoms with E-state index in [-0.39, 0.29) is 5.69 Å². The number of nitrogens with zero attached hydrogens (tertiary/aromatic N) is 1. The number of hydrogen-bond donors (Lipinski definition) is 3. The fourth-order valence-corrected chi connectivity index (χ4v) is 2.99. The van der Waals surface area contributed by atoms with E-state index in [1.807, 2.05) is 0 Å². The van der Waals surface area contributed by atoms with E-state index in [1.54, 1.807) is 24.3 Å². The van der Waals surface area contributed by atoms with Gasteiger partial charge in [-0.25, -0.2) is 0 Å². The van der Waals surface area contributed by atoms with Crippen molar-refractivity contribution in [1.29, 1.82) is 0 Å². The highest BCUT2D eigenvalue weighted by Gasteiger charge is 2.39. The molecule has 0 aliphatic carbocycles. The number of carbonyl (C=O) groups excluding carboxylic acids is 1. The molecule has 0 saturated carbocycles. The van der Waals surface area contributed by atoms with Gasteiger partial charge in [0.25, 0.3) is 11.6 Å². The third-order valence-corrected chi connectivity index (χ3v) is 4.58. The smallest absolute Gasteiger partial charge is 0.398 e. The summed E-state index contributed by atoms with van der Waals surface area (Å²) in [6, 6.07) is 8.44. The molecule has 27 heavy (non-hydrogen) atoms. The molecule has 0 fully saturated rings. The molecule has 0 aromatic heterocycles. The van der Waals surface area contributed by atoms with Gasteiger partial charge in [-0.3, -0.25) is 14.9 Å². The lowest BCUT2D eigenvalue weighted by molar-refractivity contribution is -0.388. The van der Waals surface area contributed by atoms with Crippen LogP contribution in [0.2, 0.25) is 0 Å². The van der Waals surface area contributed by atoms with Gasteiger partial charge in [0.15, 0.2) is 4.93 Å². The lowest BCUT2D eigenvalue weighted by Gasteiger charge is -2.22. The molecular weight excluding hydrogens is 387 g/mol. The Bertz CT molecular complexity index is 887. The van der Waals surface area contributed by atoms with Crippen LogP contribution in [0.25, 0.3) is 0 Å². The molecule has 2 rings (SSSR count). The van der Waals surface area contributed by atoms with Gasteiger partial charge in [0.1, 0.15) is 5.56 Å². The molecule has 2 aromatic carbocycles. The molecule has 0 unspecified atom stereocenters. The van der Waals surface area contributed by atoms with Crippen LogP contribution in [-0.2, 0) is 11.0 Å². The highest BCUT2D eigenvalue weighted by Crippen LogP contribution is 2.38. The number of nitrogen functional groups attached to an aromatic ring is 1. The number of nitro groups is 1. The first-order valence-electron chi connectivity index (χ1n) is 7.35. The predicted octanol–water partition coefficient (Wildman–Crippen LogP) is 3.64. The standard InChI is InChI=1S/C16H14F3N3O4S/c1-15(24,27-13-5-3-2-4-11(13)20)14(23)21-9-6-7-12(22(25)26)10(8-9)16(17,18)19/h2-8,24H,20H2,1H3,(H,21,23)/t15-/m0/s1. The highest BCUT2D eigenvalue weighted by atomic mass is 32.2. The van der Waals surface area contributed by atoms with Crippen LogP contribution in [-0.4, -0.2) is 20.9 Å². The summed E-state index contributed by atoms with van der Waals surface area (Å²) in [7, 11) is 0. The molecule has 0 radical (unpaired) electrons. The zero-order valence-corrected chi connectivity index (χ0v) is 14.6. The van der Waals surface area contributed by atoms with E-state index in [2.05, 4.69) is 5.32 Å². The molecule has 0 bridgehead atoms. The number of thioether (sulfide) groups is 1. The van der Waals surface area contributed by atoms with Gasteiger partial charge in [-0.15, -0.1) is 0 Å². The molecule has 1 atom stereocenters. The van der Waals surface area contributed by atoms with E-state index in [9.17, 15) is 33.2 Å². The number of nitro benzene ring substituents is 1. The minimum absolute atomic E-state index is 0.310. The number of carbonyl (C=O) groups is 1. The summed E-state index contributed by atoms with van der Waals surface area (Å²) in [5.41, 5.74) is 3.05. The Hall–Kier alpha value is -2.79. The second-order valence-electron chi connectivity index (χ2n) is 5.56. The van der Waals surface area contributed by atoms with Gasteiger partial charge in [-0.1, -0.05) is 23.9 Å². The van der Waals surface area contributed by atoms with Crippen LogP contribution in [0.1, 0.15) is 12.5 Å². The zero-order valence-electron chi connectivity index (χ0n) is 13.8. The number of benzene rings is 2. The van der Waals surface area contributed by atoms with E-state index in [0.717, 1.165) is 13.0 Å². The summed E-state index contributed by atoms with van der Waals surface area (Å²) >= 11 is 0.706. The number of amides is 1. The molecule has 2 aromatic rings. The van der Waals surface area contributed by atoms with E-state index in [0.29, 0.717) is 34.5 Å².